The molecule has 0 spiro atoms. The molecule has 4 rings (SSSR count). The number of carboxylic acids is 2. The topological polar surface area (TPSA) is 104 Å². The Morgan fingerprint density at radius 2 is 1.43 bits per heavy atom. The minimum atomic E-state index is -0.988. The molecular formula is C21H15N3O4. The molecule has 0 unspecified atom stereocenters. The molecule has 0 atom stereocenters. The molecule has 0 aliphatic rings. The fourth-order valence-corrected chi connectivity index (χ4v) is 2.92. The van der Waals surface area contributed by atoms with Gasteiger partial charge in [0, 0.05) is 17.4 Å². The van der Waals surface area contributed by atoms with Gasteiger partial charge in [-0.05, 0) is 48.5 Å². The number of imidazole rings is 1. The number of benzene rings is 2. The quantitative estimate of drug-likeness (QED) is 0.486. The van der Waals surface area contributed by atoms with Gasteiger partial charge in [0.1, 0.15) is 17.2 Å². The zero-order chi connectivity index (χ0) is 19.7. The second-order valence-electron chi connectivity index (χ2n) is 6.13. The van der Waals surface area contributed by atoms with Crippen LogP contribution in [-0.2, 0) is 0 Å². The van der Waals surface area contributed by atoms with E-state index in [1.165, 1.54) is 24.3 Å². The van der Waals surface area contributed by atoms with Gasteiger partial charge in [0.25, 0.3) is 0 Å². The lowest BCUT2D eigenvalue weighted by molar-refractivity contribution is 0.0686. The van der Waals surface area contributed by atoms with Crippen molar-refractivity contribution in [1.82, 2.24) is 9.38 Å². The number of pyridine rings is 1. The molecule has 0 aliphatic carbocycles. The predicted molar refractivity (Wildman–Crippen MR) is 104 cm³/mol. The van der Waals surface area contributed by atoms with Gasteiger partial charge in [-0.15, -0.1) is 0 Å². The predicted octanol–water partition coefficient (Wildman–Crippen LogP) is 4.14. The van der Waals surface area contributed by atoms with E-state index in [2.05, 4.69) is 10.3 Å². The van der Waals surface area contributed by atoms with Crippen LogP contribution in [0.1, 0.15) is 20.7 Å². The Morgan fingerprint density at radius 3 is 2.04 bits per heavy atom. The molecule has 0 radical (unpaired) electrons. The third-order valence-corrected chi connectivity index (χ3v) is 4.33. The first kappa shape index (κ1) is 17.3. The van der Waals surface area contributed by atoms with Crippen molar-refractivity contribution < 1.29 is 19.8 Å². The Hall–Kier alpha value is -4.13. The number of anilines is 2. The van der Waals surface area contributed by atoms with Crippen LogP contribution in [0.25, 0.3) is 16.9 Å². The Morgan fingerprint density at radius 1 is 0.821 bits per heavy atom. The summed E-state index contributed by atoms with van der Waals surface area (Å²) < 4.78 is 1.88. The number of aromatic carboxylic acids is 2. The number of nitrogens with zero attached hydrogens (tertiary/aromatic N) is 2. The first-order chi connectivity index (χ1) is 13.5. The lowest BCUT2D eigenvalue weighted by atomic mass is 10.1. The highest BCUT2D eigenvalue weighted by Crippen LogP contribution is 2.31. The summed E-state index contributed by atoms with van der Waals surface area (Å²) in [6, 6.07) is 18.5. The molecule has 2 aromatic heterocycles. The van der Waals surface area contributed by atoms with Crippen molar-refractivity contribution in [2.45, 2.75) is 0 Å². The standard InChI is InChI=1S/C21H15N3O4/c25-20(26)14-6-4-13(5-7-14)18-19(24-12-2-1-3-17(24)23-18)22-16-10-8-15(9-11-16)21(27)28/h1-12,22H,(H,25,26)(H,27,28). The minimum Gasteiger partial charge on any atom is -0.478 e. The number of fused-ring (bicyclic) bond motifs is 1. The van der Waals surface area contributed by atoms with Gasteiger partial charge in [0.05, 0.1) is 11.1 Å². The smallest absolute Gasteiger partial charge is 0.335 e. The number of rotatable bonds is 5. The van der Waals surface area contributed by atoms with Crippen LogP contribution >= 0.6 is 0 Å². The number of aromatic nitrogens is 2. The number of hydrogen-bond acceptors (Lipinski definition) is 4. The molecule has 138 valence electrons. The summed E-state index contributed by atoms with van der Waals surface area (Å²) in [6.45, 7) is 0. The minimum absolute atomic E-state index is 0.200. The average molecular weight is 373 g/mol. The largest absolute Gasteiger partial charge is 0.478 e. The highest BCUT2D eigenvalue weighted by atomic mass is 16.4. The molecule has 0 saturated carbocycles. The van der Waals surface area contributed by atoms with Crippen LogP contribution in [0, 0.1) is 0 Å². The van der Waals surface area contributed by atoms with Crippen LogP contribution < -0.4 is 5.32 Å². The van der Waals surface area contributed by atoms with Crippen molar-refractivity contribution in [2.24, 2.45) is 0 Å². The van der Waals surface area contributed by atoms with Crippen LogP contribution in [0.4, 0.5) is 11.5 Å². The molecule has 0 amide bonds. The van der Waals surface area contributed by atoms with E-state index >= 15 is 0 Å². The third kappa shape index (κ3) is 3.16. The van der Waals surface area contributed by atoms with Gasteiger partial charge in [-0.25, -0.2) is 14.6 Å². The average Bonchev–Trinajstić information content (AvgIpc) is 3.07. The summed E-state index contributed by atoms with van der Waals surface area (Å²) >= 11 is 0. The van der Waals surface area contributed by atoms with Crippen molar-refractivity contribution in [2.75, 3.05) is 5.32 Å². The van der Waals surface area contributed by atoms with Crippen molar-refractivity contribution in [3.05, 3.63) is 84.1 Å². The SMILES string of the molecule is O=C(O)c1ccc(Nc2c(-c3ccc(C(=O)O)cc3)nc3ccccn23)cc1. The maximum absolute atomic E-state index is 11.1. The fraction of sp³-hybridized carbons (Fsp3) is 0. The molecule has 28 heavy (non-hydrogen) atoms. The lowest BCUT2D eigenvalue weighted by Crippen LogP contribution is -1.99. The Balaban J connectivity index is 1.79. The molecule has 2 heterocycles. The summed E-state index contributed by atoms with van der Waals surface area (Å²) in [6.07, 6.45) is 1.87. The van der Waals surface area contributed by atoms with Crippen molar-refractivity contribution >= 4 is 29.1 Å². The molecule has 0 fully saturated rings. The molecule has 4 aromatic rings. The summed E-state index contributed by atoms with van der Waals surface area (Å²) in [4.78, 5) is 26.8. The van der Waals surface area contributed by atoms with Gasteiger partial charge in [-0.1, -0.05) is 18.2 Å². The van der Waals surface area contributed by atoms with E-state index in [-0.39, 0.29) is 11.1 Å². The lowest BCUT2D eigenvalue weighted by Gasteiger charge is -2.09. The highest BCUT2D eigenvalue weighted by Gasteiger charge is 2.15. The molecule has 0 aliphatic heterocycles. The van der Waals surface area contributed by atoms with Crippen LogP contribution in [0.15, 0.2) is 72.9 Å². The summed E-state index contributed by atoms with van der Waals surface area (Å²) in [5.74, 6) is -1.28. The van der Waals surface area contributed by atoms with E-state index in [0.717, 1.165) is 11.2 Å². The monoisotopic (exact) mass is 373 g/mol. The van der Waals surface area contributed by atoms with Gasteiger partial charge < -0.3 is 15.5 Å². The zero-order valence-corrected chi connectivity index (χ0v) is 14.5. The van der Waals surface area contributed by atoms with Crippen molar-refractivity contribution in [3.8, 4) is 11.3 Å². The van der Waals surface area contributed by atoms with E-state index < -0.39 is 11.9 Å². The number of hydrogen-bond donors (Lipinski definition) is 3. The first-order valence-corrected chi connectivity index (χ1v) is 8.44. The van der Waals surface area contributed by atoms with Crippen LogP contribution in [0.5, 0.6) is 0 Å². The number of carboxylic acid groups (broad SMARTS) is 2. The maximum atomic E-state index is 11.1. The van der Waals surface area contributed by atoms with E-state index in [4.69, 9.17) is 10.2 Å². The van der Waals surface area contributed by atoms with Crippen molar-refractivity contribution in [1.29, 1.82) is 0 Å². The molecule has 7 nitrogen and oxygen atoms in total. The second kappa shape index (κ2) is 6.88. The number of carbonyl (C=O) groups is 2. The van der Waals surface area contributed by atoms with Gasteiger partial charge >= 0.3 is 11.9 Å². The maximum Gasteiger partial charge on any atom is 0.335 e. The van der Waals surface area contributed by atoms with Gasteiger partial charge in [-0.3, -0.25) is 4.40 Å². The first-order valence-electron chi connectivity index (χ1n) is 8.44. The third-order valence-electron chi connectivity index (χ3n) is 4.33. The van der Waals surface area contributed by atoms with E-state index in [9.17, 15) is 9.59 Å². The summed E-state index contributed by atoms with van der Waals surface area (Å²) in [7, 11) is 0. The summed E-state index contributed by atoms with van der Waals surface area (Å²) in [5.41, 5.74) is 3.26. The molecular weight excluding hydrogens is 358 g/mol. The van der Waals surface area contributed by atoms with Crippen molar-refractivity contribution in [3.63, 3.8) is 0 Å². The molecule has 2 aromatic carbocycles. The second-order valence-corrected chi connectivity index (χ2v) is 6.13. The molecule has 0 saturated heterocycles. The molecule has 0 bridgehead atoms. The Bertz CT molecular complexity index is 1180. The normalized spacial score (nSPS) is 10.7. The summed E-state index contributed by atoms with van der Waals surface area (Å²) in [5, 5.41) is 21.4. The fourth-order valence-electron chi connectivity index (χ4n) is 2.92. The van der Waals surface area contributed by atoms with Crippen LogP contribution in [0.2, 0.25) is 0 Å². The molecule has 7 heteroatoms. The van der Waals surface area contributed by atoms with E-state index in [1.807, 2.05) is 28.8 Å². The van der Waals surface area contributed by atoms with Gasteiger partial charge in [0.15, 0.2) is 0 Å². The highest BCUT2D eigenvalue weighted by molar-refractivity contribution is 5.90. The van der Waals surface area contributed by atoms with Gasteiger partial charge in [-0.2, -0.15) is 0 Å². The molecule has 3 N–H and O–H groups in total. The zero-order valence-electron chi connectivity index (χ0n) is 14.5. The van der Waals surface area contributed by atoms with Crippen LogP contribution in [0.3, 0.4) is 0 Å². The van der Waals surface area contributed by atoms with Gasteiger partial charge in [0.2, 0.25) is 0 Å². The van der Waals surface area contributed by atoms with E-state index in [1.54, 1.807) is 24.3 Å². The number of nitrogens with one attached hydrogen (secondary N) is 1. The Kier molecular flexibility index (Phi) is 4.25. The van der Waals surface area contributed by atoms with Crippen LogP contribution in [-0.4, -0.2) is 31.5 Å². The van der Waals surface area contributed by atoms with E-state index in [0.29, 0.717) is 17.2 Å². The Labute approximate surface area is 159 Å².